The minimum Gasteiger partial charge on any atom is -0.342 e. The van der Waals surface area contributed by atoms with Gasteiger partial charge in [-0.05, 0) is 57.3 Å². The standard InChI is InChI=1S/C20H38N2O/c1-4-7-16-8-10-18(11-9-16)21-19-12-14-22(15-13-19)20(23)17(5-2)6-3/h16-19,21H,4-15H2,1-3H3. The molecule has 1 aliphatic carbocycles. The van der Waals surface area contributed by atoms with Crippen LogP contribution in [-0.4, -0.2) is 36.0 Å². The van der Waals surface area contributed by atoms with E-state index in [9.17, 15) is 4.79 Å². The smallest absolute Gasteiger partial charge is 0.225 e. The maximum absolute atomic E-state index is 12.5. The lowest BCUT2D eigenvalue weighted by Gasteiger charge is -2.37. The fourth-order valence-corrected chi connectivity index (χ4v) is 4.52. The average molecular weight is 323 g/mol. The zero-order valence-electron chi connectivity index (χ0n) is 15.7. The Hall–Kier alpha value is -0.570. The molecule has 0 aromatic heterocycles. The summed E-state index contributed by atoms with van der Waals surface area (Å²) in [5.41, 5.74) is 0. The van der Waals surface area contributed by atoms with Crippen molar-refractivity contribution in [2.45, 2.75) is 97.1 Å². The Labute approximate surface area is 143 Å². The van der Waals surface area contributed by atoms with Crippen LogP contribution < -0.4 is 5.32 Å². The summed E-state index contributed by atoms with van der Waals surface area (Å²) in [7, 11) is 0. The maximum Gasteiger partial charge on any atom is 0.225 e. The van der Waals surface area contributed by atoms with E-state index >= 15 is 0 Å². The molecular weight excluding hydrogens is 284 g/mol. The van der Waals surface area contributed by atoms with Crippen LogP contribution in [0, 0.1) is 11.8 Å². The third kappa shape index (κ3) is 5.48. The molecule has 0 bridgehead atoms. The van der Waals surface area contributed by atoms with Crippen molar-refractivity contribution in [1.29, 1.82) is 0 Å². The predicted molar refractivity (Wildman–Crippen MR) is 97.5 cm³/mol. The first-order valence-corrected chi connectivity index (χ1v) is 10.2. The average Bonchev–Trinajstić information content (AvgIpc) is 2.58. The van der Waals surface area contributed by atoms with Gasteiger partial charge in [0.05, 0.1) is 0 Å². The minimum absolute atomic E-state index is 0.244. The van der Waals surface area contributed by atoms with Gasteiger partial charge < -0.3 is 10.2 Å². The number of hydrogen-bond acceptors (Lipinski definition) is 2. The van der Waals surface area contributed by atoms with Gasteiger partial charge in [-0.15, -0.1) is 0 Å². The molecule has 0 unspecified atom stereocenters. The summed E-state index contributed by atoms with van der Waals surface area (Å²) >= 11 is 0. The number of amides is 1. The van der Waals surface area contributed by atoms with Crippen LogP contribution in [0.5, 0.6) is 0 Å². The van der Waals surface area contributed by atoms with E-state index in [0.717, 1.165) is 50.7 Å². The number of piperidine rings is 1. The van der Waals surface area contributed by atoms with Crippen molar-refractivity contribution in [2.75, 3.05) is 13.1 Å². The van der Waals surface area contributed by atoms with Crippen molar-refractivity contribution in [3.8, 4) is 0 Å². The molecule has 3 nitrogen and oxygen atoms in total. The predicted octanol–water partition coefficient (Wildman–Crippen LogP) is 4.36. The lowest BCUT2D eigenvalue weighted by Crippen LogP contribution is -2.49. The van der Waals surface area contributed by atoms with Gasteiger partial charge in [0.25, 0.3) is 0 Å². The van der Waals surface area contributed by atoms with Gasteiger partial charge in [0.15, 0.2) is 0 Å². The second-order valence-corrected chi connectivity index (χ2v) is 7.79. The van der Waals surface area contributed by atoms with Crippen molar-refractivity contribution in [1.82, 2.24) is 10.2 Å². The van der Waals surface area contributed by atoms with Crippen LogP contribution in [0.1, 0.15) is 85.0 Å². The van der Waals surface area contributed by atoms with Crippen LogP contribution in [-0.2, 0) is 4.79 Å². The van der Waals surface area contributed by atoms with Gasteiger partial charge in [-0.25, -0.2) is 0 Å². The Morgan fingerprint density at radius 1 is 0.957 bits per heavy atom. The molecule has 0 spiro atoms. The van der Waals surface area contributed by atoms with Gasteiger partial charge in [-0.1, -0.05) is 33.6 Å². The molecule has 0 radical (unpaired) electrons. The Morgan fingerprint density at radius 3 is 2.04 bits per heavy atom. The maximum atomic E-state index is 12.5. The van der Waals surface area contributed by atoms with E-state index in [-0.39, 0.29) is 5.92 Å². The van der Waals surface area contributed by atoms with E-state index in [2.05, 4.69) is 31.0 Å². The van der Waals surface area contributed by atoms with Crippen LogP contribution >= 0.6 is 0 Å². The zero-order valence-corrected chi connectivity index (χ0v) is 15.7. The van der Waals surface area contributed by atoms with Gasteiger partial charge in [0, 0.05) is 31.1 Å². The Balaban J connectivity index is 1.68. The molecule has 2 fully saturated rings. The van der Waals surface area contributed by atoms with Gasteiger partial charge in [-0.3, -0.25) is 4.79 Å². The third-order valence-electron chi connectivity index (χ3n) is 6.16. The lowest BCUT2D eigenvalue weighted by atomic mass is 9.83. The van der Waals surface area contributed by atoms with Gasteiger partial charge in [0.1, 0.15) is 0 Å². The van der Waals surface area contributed by atoms with Crippen LogP contribution in [0.15, 0.2) is 0 Å². The molecule has 2 rings (SSSR count). The number of hydrogen-bond donors (Lipinski definition) is 1. The fraction of sp³-hybridized carbons (Fsp3) is 0.950. The first-order valence-electron chi connectivity index (χ1n) is 10.2. The van der Waals surface area contributed by atoms with Crippen LogP contribution in [0.3, 0.4) is 0 Å². The second kappa shape index (κ2) is 9.66. The first kappa shape index (κ1) is 18.8. The highest BCUT2D eigenvalue weighted by atomic mass is 16.2. The summed E-state index contributed by atoms with van der Waals surface area (Å²) in [6.45, 7) is 8.49. The van der Waals surface area contributed by atoms with Crippen molar-refractivity contribution >= 4 is 5.91 Å². The number of carbonyl (C=O) groups is 1. The zero-order chi connectivity index (χ0) is 16.7. The van der Waals surface area contributed by atoms with Crippen LogP contribution in [0.4, 0.5) is 0 Å². The summed E-state index contributed by atoms with van der Waals surface area (Å²) in [6.07, 6.45) is 12.5. The molecule has 134 valence electrons. The first-order chi connectivity index (χ1) is 11.2. The van der Waals surface area contributed by atoms with Crippen molar-refractivity contribution < 1.29 is 4.79 Å². The Morgan fingerprint density at radius 2 is 1.52 bits per heavy atom. The highest BCUT2D eigenvalue weighted by Gasteiger charge is 2.28. The lowest BCUT2D eigenvalue weighted by molar-refractivity contribution is -0.136. The molecule has 3 heteroatoms. The molecule has 2 aliphatic rings. The quantitative estimate of drug-likeness (QED) is 0.755. The molecular formula is C20H38N2O. The fourth-order valence-electron chi connectivity index (χ4n) is 4.52. The molecule has 1 aliphatic heterocycles. The van der Waals surface area contributed by atoms with Gasteiger partial charge in [0.2, 0.25) is 5.91 Å². The molecule has 0 atom stereocenters. The second-order valence-electron chi connectivity index (χ2n) is 7.79. The number of likely N-dealkylation sites (tertiary alicyclic amines) is 1. The largest absolute Gasteiger partial charge is 0.342 e. The van der Waals surface area contributed by atoms with Crippen LogP contribution in [0.25, 0.3) is 0 Å². The van der Waals surface area contributed by atoms with E-state index in [0.29, 0.717) is 11.9 Å². The van der Waals surface area contributed by atoms with E-state index in [1.165, 1.54) is 38.5 Å². The Bertz CT molecular complexity index is 338. The summed E-state index contributed by atoms with van der Waals surface area (Å²) in [5.74, 6) is 1.62. The Kier molecular flexibility index (Phi) is 7.88. The van der Waals surface area contributed by atoms with E-state index in [1.54, 1.807) is 0 Å². The minimum atomic E-state index is 0.244. The van der Waals surface area contributed by atoms with Crippen molar-refractivity contribution in [2.24, 2.45) is 11.8 Å². The molecule has 0 aromatic carbocycles. The number of rotatable bonds is 7. The highest BCUT2D eigenvalue weighted by molar-refractivity contribution is 5.78. The summed E-state index contributed by atoms with van der Waals surface area (Å²) in [5, 5.41) is 3.90. The number of carbonyl (C=O) groups excluding carboxylic acids is 1. The van der Waals surface area contributed by atoms with Crippen LogP contribution in [0.2, 0.25) is 0 Å². The summed E-state index contributed by atoms with van der Waals surface area (Å²) in [6, 6.07) is 1.36. The topological polar surface area (TPSA) is 32.3 Å². The van der Waals surface area contributed by atoms with E-state index in [1.807, 2.05) is 0 Å². The molecule has 1 amide bonds. The summed E-state index contributed by atoms with van der Waals surface area (Å²) < 4.78 is 0. The van der Waals surface area contributed by atoms with Crippen molar-refractivity contribution in [3.05, 3.63) is 0 Å². The van der Waals surface area contributed by atoms with Gasteiger partial charge >= 0.3 is 0 Å². The van der Waals surface area contributed by atoms with E-state index < -0.39 is 0 Å². The monoisotopic (exact) mass is 322 g/mol. The van der Waals surface area contributed by atoms with Crippen molar-refractivity contribution in [3.63, 3.8) is 0 Å². The number of nitrogens with one attached hydrogen (secondary N) is 1. The normalized spacial score (nSPS) is 26.7. The van der Waals surface area contributed by atoms with E-state index in [4.69, 9.17) is 0 Å². The molecule has 0 aromatic rings. The molecule has 1 saturated heterocycles. The van der Waals surface area contributed by atoms with Gasteiger partial charge in [-0.2, -0.15) is 0 Å². The summed E-state index contributed by atoms with van der Waals surface area (Å²) in [4.78, 5) is 14.6. The molecule has 23 heavy (non-hydrogen) atoms. The third-order valence-corrected chi connectivity index (χ3v) is 6.16. The highest BCUT2D eigenvalue weighted by Crippen LogP contribution is 2.28. The molecule has 1 saturated carbocycles. The molecule has 1 N–H and O–H groups in total. The molecule has 1 heterocycles. The SMILES string of the molecule is CCCC1CCC(NC2CCN(C(=O)C(CC)CC)CC2)CC1. The number of nitrogens with zero attached hydrogens (tertiary/aromatic N) is 1.